The molecule has 0 aliphatic heterocycles. The molecule has 0 aliphatic rings. The second kappa shape index (κ2) is 10.6. The minimum atomic E-state index is -1.59. The SMILES string of the molecule is O=C(CCCc1nc(OC(=O)O)c(NC(=O)Nc2ccc(Cl)cc2)[nH]1)Nc1ccc2[nH]ncc2c1. The molecular weight excluding hydrogens is 478 g/mol. The predicted molar refractivity (Wildman–Crippen MR) is 129 cm³/mol. The Morgan fingerprint density at radius 2 is 1.80 bits per heavy atom. The Hall–Kier alpha value is -4.58. The number of hydrogen-bond acceptors (Lipinski definition) is 6. The summed E-state index contributed by atoms with van der Waals surface area (Å²) < 4.78 is 4.66. The van der Waals surface area contributed by atoms with Crippen molar-refractivity contribution in [2.45, 2.75) is 19.3 Å². The minimum Gasteiger partial charge on any atom is -0.449 e. The van der Waals surface area contributed by atoms with Crippen LogP contribution in [-0.4, -0.2) is 43.4 Å². The van der Waals surface area contributed by atoms with E-state index in [9.17, 15) is 14.4 Å². The first-order valence-electron chi connectivity index (χ1n) is 10.4. The normalized spacial score (nSPS) is 10.7. The topological polar surface area (TPSA) is 174 Å². The maximum absolute atomic E-state index is 12.3. The molecule has 0 aliphatic carbocycles. The lowest BCUT2D eigenvalue weighted by molar-refractivity contribution is -0.116. The van der Waals surface area contributed by atoms with Crippen LogP contribution >= 0.6 is 11.6 Å². The molecule has 0 atom stereocenters. The van der Waals surface area contributed by atoms with Crippen molar-refractivity contribution in [1.29, 1.82) is 0 Å². The van der Waals surface area contributed by atoms with Gasteiger partial charge >= 0.3 is 12.2 Å². The van der Waals surface area contributed by atoms with Gasteiger partial charge in [0.2, 0.25) is 5.91 Å². The van der Waals surface area contributed by atoms with E-state index in [1.807, 2.05) is 12.1 Å². The highest BCUT2D eigenvalue weighted by Crippen LogP contribution is 2.23. The predicted octanol–water partition coefficient (Wildman–Crippen LogP) is 4.60. The Bertz CT molecular complexity index is 1370. The van der Waals surface area contributed by atoms with E-state index < -0.39 is 12.2 Å². The molecule has 180 valence electrons. The number of amides is 3. The fourth-order valence-electron chi connectivity index (χ4n) is 3.23. The van der Waals surface area contributed by atoms with Crippen molar-refractivity contribution in [3.05, 3.63) is 59.5 Å². The number of carbonyl (C=O) groups is 3. The first-order valence-corrected chi connectivity index (χ1v) is 10.8. The summed E-state index contributed by atoms with van der Waals surface area (Å²) in [6.07, 6.45) is 0.998. The van der Waals surface area contributed by atoms with Crippen molar-refractivity contribution >= 4 is 57.8 Å². The quantitative estimate of drug-likeness (QED) is 0.193. The molecule has 6 N–H and O–H groups in total. The number of fused-ring (bicyclic) bond motifs is 1. The lowest BCUT2D eigenvalue weighted by Gasteiger charge is -2.07. The number of urea groups is 1. The van der Waals surface area contributed by atoms with Crippen molar-refractivity contribution in [1.82, 2.24) is 20.2 Å². The van der Waals surface area contributed by atoms with Gasteiger partial charge in [0.05, 0.1) is 11.7 Å². The summed E-state index contributed by atoms with van der Waals surface area (Å²) in [4.78, 5) is 42.5. The van der Waals surface area contributed by atoms with Crippen LogP contribution in [-0.2, 0) is 11.2 Å². The molecule has 13 heteroatoms. The molecule has 2 heterocycles. The molecule has 35 heavy (non-hydrogen) atoms. The van der Waals surface area contributed by atoms with Crippen LogP contribution in [0.5, 0.6) is 5.88 Å². The number of hydrogen-bond donors (Lipinski definition) is 6. The Balaban J connectivity index is 1.32. The van der Waals surface area contributed by atoms with Crippen LogP contribution < -0.4 is 20.7 Å². The number of carbonyl (C=O) groups excluding carboxylic acids is 2. The summed E-state index contributed by atoms with van der Waals surface area (Å²) in [5, 5.41) is 25.0. The van der Waals surface area contributed by atoms with Gasteiger partial charge in [0, 0.05) is 34.6 Å². The van der Waals surface area contributed by atoms with Gasteiger partial charge in [-0.25, -0.2) is 9.59 Å². The third-order valence-corrected chi connectivity index (χ3v) is 5.04. The Labute approximate surface area is 203 Å². The highest BCUT2D eigenvalue weighted by molar-refractivity contribution is 6.30. The van der Waals surface area contributed by atoms with E-state index >= 15 is 0 Å². The summed E-state index contributed by atoms with van der Waals surface area (Å²) in [5.74, 6) is -0.193. The highest BCUT2D eigenvalue weighted by Gasteiger charge is 2.17. The zero-order chi connectivity index (χ0) is 24.8. The van der Waals surface area contributed by atoms with Gasteiger partial charge in [-0.05, 0) is 48.9 Å². The minimum absolute atomic E-state index is 0.0354. The summed E-state index contributed by atoms with van der Waals surface area (Å²) in [6.45, 7) is 0. The number of nitrogens with one attached hydrogen (secondary N) is 5. The first kappa shape index (κ1) is 23.6. The van der Waals surface area contributed by atoms with Crippen LogP contribution in [0.1, 0.15) is 18.7 Å². The number of imidazole rings is 1. The third-order valence-electron chi connectivity index (χ3n) is 4.79. The van der Waals surface area contributed by atoms with E-state index in [-0.39, 0.29) is 24.0 Å². The maximum atomic E-state index is 12.3. The summed E-state index contributed by atoms with van der Waals surface area (Å²) in [5.41, 5.74) is 1.99. The van der Waals surface area contributed by atoms with Gasteiger partial charge in [-0.2, -0.15) is 10.1 Å². The average molecular weight is 498 g/mol. The van der Waals surface area contributed by atoms with Crippen LogP contribution in [0, 0.1) is 0 Å². The van der Waals surface area contributed by atoms with Crippen LogP contribution in [0.25, 0.3) is 10.9 Å². The van der Waals surface area contributed by atoms with E-state index in [0.29, 0.717) is 35.1 Å². The number of aromatic amines is 2. The number of anilines is 3. The zero-order valence-electron chi connectivity index (χ0n) is 18.1. The molecular formula is C22H20ClN7O5. The van der Waals surface area contributed by atoms with Gasteiger partial charge in [0.1, 0.15) is 5.82 Å². The van der Waals surface area contributed by atoms with Crippen molar-refractivity contribution in [2.24, 2.45) is 0 Å². The van der Waals surface area contributed by atoms with Crippen LogP contribution in [0.4, 0.5) is 26.8 Å². The van der Waals surface area contributed by atoms with E-state index in [2.05, 4.69) is 40.9 Å². The van der Waals surface area contributed by atoms with Crippen LogP contribution in [0.15, 0.2) is 48.7 Å². The zero-order valence-corrected chi connectivity index (χ0v) is 18.8. The lowest BCUT2D eigenvalue weighted by Crippen LogP contribution is -2.20. The lowest BCUT2D eigenvalue weighted by atomic mass is 10.2. The molecule has 3 amide bonds. The van der Waals surface area contributed by atoms with Gasteiger partial charge in [0.15, 0.2) is 5.82 Å². The fraction of sp³-hybridized carbons (Fsp3) is 0.136. The van der Waals surface area contributed by atoms with Crippen LogP contribution in [0.2, 0.25) is 5.02 Å². The molecule has 0 saturated carbocycles. The van der Waals surface area contributed by atoms with Crippen molar-refractivity contribution in [3.8, 4) is 5.88 Å². The number of benzene rings is 2. The van der Waals surface area contributed by atoms with E-state index in [4.69, 9.17) is 16.7 Å². The number of nitrogens with zero attached hydrogens (tertiary/aromatic N) is 2. The Morgan fingerprint density at radius 3 is 2.57 bits per heavy atom. The van der Waals surface area contributed by atoms with Crippen molar-refractivity contribution < 1.29 is 24.2 Å². The molecule has 4 rings (SSSR count). The molecule has 0 spiro atoms. The summed E-state index contributed by atoms with van der Waals surface area (Å²) in [7, 11) is 0. The molecule has 4 aromatic rings. The van der Waals surface area contributed by atoms with Gasteiger partial charge in [0.25, 0.3) is 5.88 Å². The molecule has 2 aromatic heterocycles. The van der Waals surface area contributed by atoms with E-state index in [0.717, 1.165) is 10.9 Å². The standard InChI is InChI=1S/C22H20ClN7O5/c23-13-4-6-14(7-5-13)26-21(32)29-19-20(35-22(33)34)28-17(27-19)2-1-3-18(31)25-15-8-9-16-12(10-15)11-24-30-16/h4-11H,1-3H2,(H,24,30)(H,25,31)(H,27,28)(H,33,34)(H2,26,29,32). The second-order valence-electron chi connectivity index (χ2n) is 7.39. The molecule has 2 aromatic carbocycles. The van der Waals surface area contributed by atoms with Gasteiger partial charge in [-0.1, -0.05) is 11.6 Å². The average Bonchev–Trinajstić information content (AvgIpc) is 3.41. The largest absolute Gasteiger partial charge is 0.512 e. The second-order valence-corrected chi connectivity index (χ2v) is 7.83. The van der Waals surface area contributed by atoms with Crippen molar-refractivity contribution in [3.63, 3.8) is 0 Å². The molecule has 0 fully saturated rings. The number of ether oxygens (including phenoxy) is 1. The number of aryl methyl sites for hydroxylation is 1. The molecule has 0 radical (unpaired) electrons. The summed E-state index contributed by atoms with van der Waals surface area (Å²) >= 11 is 5.83. The first-order chi connectivity index (χ1) is 16.9. The van der Waals surface area contributed by atoms with E-state index in [1.165, 1.54) is 0 Å². The van der Waals surface area contributed by atoms with Gasteiger partial charge in [-0.3, -0.25) is 15.2 Å². The van der Waals surface area contributed by atoms with E-state index in [1.54, 1.807) is 36.5 Å². The van der Waals surface area contributed by atoms with Crippen molar-refractivity contribution in [2.75, 3.05) is 16.0 Å². The van der Waals surface area contributed by atoms with Gasteiger partial charge < -0.3 is 25.5 Å². The molecule has 0 bridgehead atoms. The molecule has 0 unspecified atom stereocenters. The number of carboxylic acid groups (broad SMARTS) is 1. The number of aromatic nitrogens is 4. The monoisotopic (exact) mass is 497 g/mol. The smallest absolute Gasteiger partial charge is 0.449 e. The highest BCUT2D eigenvalue weighted by atomic mass is 35.5. The Kier molecular flexibility index (Phi) is 7.12. The maximum Gasteiger partial charge on any atom is 0.512 e. The number of H-pyrrole nitrogens is 2. The number of halogens is 1. The molecule has 12 nitrogen and oxygen atoms in total. The fourth-order valence-corrected chi connectivity index (χ4v) is 3.36. The van der Waals surface area contributed by atoms with Crippen LogP contribution in [0.3, 0.4) is 0 Å². The summed E-state index contributed by atoms with van der Waals surface area (Å²) in [6, 6.07) is 11.2. The third kappa shape index (κ3) is 6.48. The number of rotatable bonds is 8. The van der Waals surface area contributed by atoms with Gasteiger partial charge in [-0.15, -0.1) is 0 Å². The Morgan fingerprint density at radius 1 is 1.03 bits per heavy atom. The molecule has 0 saturated heterocycles.